The number of nitrogens with one attached hydrogen (secondary N) is 1. The van der Waals surface area contributed by atoms with Gasteiger partial charge in [0, 0.05) is 54.9 Å². The summed E-state index contributed by atoms with van der Waals surface area (Å²) in [5, 5.41) is 4.16. The quantitative estimate of drug-likeness (QED) is 0.797. The maximum absolute atomic E-state index is 12.9. The first-order chi connectivity index (χ1) is 11.8. The summed E-state index contributed by atoms with van der Waals surface area (Å²) in [4.78, 5) is 24.9. The molecule has 0 radical (unpaired) electrons. The van der Waals surface area contributed by atoms with Gasteiger partial charge in [0.15, 0.2) is 0 Å². The lowest BCUT2D eigenvalue weighted by atomic mass is 10.1. The van der Waals surface area contributed by atoms with Gasteiger partial charge in [0.25, 0.3) is 5.91 Å². The van der Waals surface area contributed by atoms with Crippen LogP contribution in [0.5, 0.6) is 0 Å². The molecule has 2 aromatic heterocycles. The number of hydrogen-bond donors (Lipinski definition) is 1. The zero-order chi connectivity index (χ0) is 16.4. The van der Waals surface area contributed by atoms with Crippen molar-refractivity contribution in [2.24, 2.45) is 0 Å². The molecule has 1 fully saturated rings. The first-order valence-electron chi connectivity index (χ1n) is 8.27. The molecular weight excluding hydrogens is 320 g/mol. The zero-order valence-electron chi connectivity index (χ0n) is 13.4. The predicted molar refractivity (Wildman–Crippen MR) is 96.2 cm³/mol. The Labute approximate surface area is 144 Å². The number of carbonyl (C=O) groups is 1. The van der Waals surface area contributed by atoms with Crippen LogP contribution in [-0.4, -0.2) is 51.9 Å². The number of para-hydroxylation sites is 1. The summed E-state index contributed by atoms with van der Waals surface area (Å²) in [5.74, 6) is 0.128. The van der Waals surface area contributed by atoms with Crippen LogP contribution in [0.4, 0.5) is 0 Å². The van der Waals surface area contributed by atoms with Crippen molar-refractivity contribution in [1.29, 1.82) is 0 Å². The minimum absolute atomic E-state index is 0.128. The van der Waals surface area contributed by atoms with Crippen molar-refractivity contribution in [2.75, 3.05) is 26.2 Å². The van der Waals surface area contributed by atoms with Gasteiger partial charge in [-0.25, -0.2) is 4.98 Å². The highest BCUT2D eigenvalue weighted by molar-refractivity contribution is 7.09. The van der Waals surface area contributed by atoms with Gasteiger partial charge in [-0.05, 0) is 12.5 Å². The Kier molecular flexibility index (Phi) is 4.32. The fourth-order valence-corrected chi connectivity index (χ4v) is 3.93. The molecule has 124 valence electrons. The highest BCUT2D eigenvalue weighted by Crippen LogP contribution is 2.20. The van der Waals surface area contributed by atoms with E-state index < -0.39 is 0 Å². The van der Waals surface area contributed by atoms with E-state index in [9.17, 15) is 4.79 Å². The fourth-order valence-electron chi connectivity index (χ4n) is 3.27. The number of H-pyrrole nitrogens is 1. The fraction of sp³-hybridized carbons (Fsp3) is 0.333. The molecule has 1 aromatic carbocycles. The topological polar surface area (TPSA) is 52.2 Å². The van der Waals surface area contributed by atoms with E-state index in [2.05, 4.69) is 14.9 Å². The Morgan fingerprint density at radius 1 is 1.21 bits per heavy atom. The third-order valence-corrected chi connectivity index (χ3v) is 5.30. The van der Waals surface area contributed by atoms with Gasteiger partial charge < -0.3 is 9.88 Å². The second-order valence-electron chi connectivity index (χ2n) is 6.10. The molecule has 1 N–H and O–H groups in total. The Morgan fingerprint density at radius 3 is 3.00 bits per heavy atom. The number of nitrogens with zero attached hydrogens (tertiary/aromatic N) is 3. The molecule has 3 aromatic rings. The molecule has 0 atom stereocenters. The van der Waals surface area contributed by atoms with Gasteiger partial charge in [0.1, 0.15) is 5.01 Å². The Balaban J connectivity index is 1.46. The molecule has 1 aliphatic heterocycles. The Hall–Kier alpha value is -2.18. The van der Waals surface area contributed by atoms with E-state index in [0.29, 0.717) is 0 Å². The molecule has 1 saturated heterocycles. The molecule has 6 heteroatoms. The van der Waals surface area contributed by atoms with Crippen LogP contribution in [0, 0.1) is 0 Å². The number of hydrogen-bond acceptors (Lipinski definition) is 4. The lowest BCUT2D eigenvalue weighted by Crippen LogP contribution is -2.35. The van der Waals surface area contributed by atoms with Crippen molar-refractivity contribution >= 4 is 28.1 Å². The first-order valence-corrected chi connectivity index (χ1v) is 9.15. The van der Waals surface area contributed by atoms with Gasteiger partial charge in [-0.15, -0.1) is 11.3 Å². The second kappa shape index (κ2) is 6.75. The van der Waals surface area contributed by atoms with Crippen molar-refractivity contribution in [3.05, 3.63) is 52.6 Å². The largest absolute Gasteiger partial charge is 0.360 e. The van der Waals surface area contributed by atoms with Crippen molar-refractivity contribution < 1.29 is 4.79 Å². The summed E-state index contributed by atoms with van der Waals surface area (Å²) >= 11 is 1.69. The summed E-state index contributed by atoms with van der Waals surface area (Å²) in [6, 6.07) is 7.97. The summed E-state index contributed by atoms with van der Waals surface area (Å²) in [6.45, 7) is 4.37. The molecule has 0 bridgehead atoms. The standard InChI is InChI=1S/C18H20N4OS/c23-18(15-12-20-16-5-2-1-4-14(15)16)22-8-3-7-21(9-10-22)13-17-19-6-11-24-17/h1-2,4-6,11-12,20H,3,7-10,13H2. The van der Waals surface area contributed by atoms with Crippen LogP contribution in [-0.2, 0) is 6.54 Å². The molecule has 1 aliphatic rings. The highest BCUT2D eigenvalue weighted by atomic mass is 32.1. The van der Waals surface area contributed by atoms with Crippen molar-refractivity contribution in [3.8, 4) is 0 Å². The van der Waals surface area contributed by atoms with E-state index in [0.717, 1.165) is 60.6 Å². The summed E-state index contributed by atoms with van der Waals surface area (Å²) < 4.78 is 0. The maximum atomic E-state index is 12.9. The lowest BCUT2D eigenvalue weighted by Gasteiger charge is -2.21. The molecule has 0 saturated carbocycles. The summed E-state index contributed by atoms with van der Waals surface area (Å²) in [5.41, 5.74) is 1.79. The van der Waals surface area contributed by atoms with E-state index in [1.165, 1.54) is 0 Å². The van der Waals surface area contributed by atoms with Gasteiger partial charge in [-0.3, -0.25) is 9.69 Å². The average Bonchev–Trinajstić information content (AvgIpc) is 3.20. The van der Waals surface area contributed by atoms with Gasteiger partial charge in [-0.2, -0.15) is 0 Å². The Morgan fingerprint density at radius 2 is 2.12 bits per heavy atom. The number of rotatable bonds is 3. The van der Waals surface area contributed by atoms with Crippen molar-refractivity contribution in [2.45, 2.75) is 13.0 Å². The number of thiazole rings is 1. The van der Waals surface area contributed by atoms with E-state index in [1.54, 1.807) is 11.3 Å². The Bertz CT molecular complexity index is 827. The van der Waals surface area contributed by atoms with Crippen molar-refractivity contribution in [1.82, 2.24) is 19.8 Å². The van der Waals surface area contributed by atoms with Crippen LogP contribution in [0.2, 0.25) is 0 Å². The number of benzene rings is 1. The number of aromatic amines is 1. The van der Waals surface area contributed by atoms with Gasteiger partial charge >= 0.3 is 0 Å². The van der Waals surface area contributed by atoms with Crippen LogP contribution in [0.15, 0.2) is 42.0 Å². The molecule has 3 heterocycles. The number of carbonyl (C=O) groups excluding carboxylic acids is 1. The molecular formula is C18H20N4OS. The van der Waals surface area contributed by atoms with E-state index in [4.69, 9.17) is 0 Å². The molecule has 4 rings (SSSR count). The van der Waals surface area contributed by atoms with Crippen LogP contribution in [0.25, 0.3) is 10.9 Å². The smallest absolute Gasteiger partial charge is 0.256 e. The molecule has 0 aliphatic carbocycles. The summed E-state index contributed by atoms with van der Waals surface area (Å²) in [7, 11) is 0. The second-order valence-corrected chi connectivity index (χ2v) is 7.07. The highest BCUT2D eigenvalue weighted by Gasteiger charge is 2.22. The normalized spacial score (nSPS) is 16.4. The van der Waals surface area contributed by atoms with Crippen LogP contribution in [0.3, 0.4) is 0 Å². The summed E-state index contributed by atoms with van der Waals surface area (Å²) in [6.07, 6.45) is 4.69. The van der Waals surface area contributed by atoms with Gasteiger partial charge in [0.2, 0.25) is 0 Å². The number of fused-ring (bicyclic) bond motifs is 1. The van der Waals surface area contributed by atoms with Gasteiger partial charge in [0.05, 0.1) is 12.1 Å². The average molecular weight is 340 g/mol. The predicted octanol–water partition coefficient (Wildman–Crippen LogP) is 2.97. The minimum Gasteiger partial charge on any atom is -0.360 e. The third-order valence-electron chi connectivity index (χ3n) is 4.54. The lowest BCUT2D eigenvalue weighted by molar-refractivity contribution is 0.0763. The van der Waals surface area contributed by atoms with Crippen molar-refractivity contribution in [3.63, 3.8) is 0 Å². The molecule has 0 spiro atoms. The zero-order valence-corrected chi connectivity index (χ0v) is 14.3. The van der Waals surface area contributed by atoms with Crippen LogP contribution >= 0.6 is 11.3 Å². The third kappa shape index (κ3) is 3.07. The first kappa shape index (κ1) is 15.4. The van der Waals surface area contributed by atoms with E-state index in [-0.39, 0.29) is 5.91 Å². The van der Waals surface area contributed by atoms with Crippen LogP contribution < -0.4 is 0 Å². The van der Waals surface area contributed by atoms with Gasteiger partial charge in [-0.1, -0.05) is 18.2 Å². The molecule has 24 heavy (non-hydrogen) atoms. The van der Waals surface area contributed by atoms with E-state index in [1.807, 2.05) is 46.9 Å². The molecule has 1 amide bonds. The van der Waals surface area contributed by atoms with Crippen LogP contribution in [0.1, 0.15) is 21.8 Å². The van der Waals surface area contributed by atoms with E-state index >= 15 is 0 Å². The monoisotopic (exact) mass is 340 g/mol. The SMILES string of the molecule is O=C(c1c[nH]c2ccccc12)N1CCCN(Cc2nccs2)CC1. The molecule has 0 unspecified atom stereocenters. The number of aromatic nitrogens is 2. The molecule has 5 nitrogen and oxygen atoms in total. The maximum Gasteiger partial charge on any atom is 0.256 e. The number of amides is 1. The minimum atomic E-state index is 0.128.